The predicted octanol–water partition coefficient (Wildman–Crippen LogP) is 0.666. The van der Waals surface area contributed by atoms with E-state index in [1.807, 2.05) is 0 Å². The fraction of sp³-hybridized carbons (Fsp3) is 0.588. The average Bonchev–Trinajstić information content (AvgIpc) is 3.30. The highest BCUT2D eigenvalue weighted by atomic mass is 15.3. The summed E-state index contributed by atoms with van der Waals surface area (Å²) in [5.74, 6) is 2.53. The van der Waals surface area contributed by atoms with Crippen molar-refractivity contribution in [2.24, 2.45) is 0 Å². The van der Waals surface area contributed by atoms with E-state index in [1.54, 1.807) is 12.4 Å². The number of nitrogens with one attached hydrogen (secondary N) is 2. The number of nitrogen functional groups attached to an aromatic ring is 1. The monoisotopic (exact) mass is 357 g/mol. The van der Waals surface area contributed by atoms with Crippen LogP contribution in [0.15, 0.2) is 12.4 Å². The molecule has 4 rings (SSSR count). The first-order chi connectivity index (χ1) is 12.7. The second-order valence-electron chi connectivity index (χ2n) is 7.02. The number of likely N-dealkylation sites (N-methyl/N-ethyl adjacent to an activating group) is 1. The van der Waals surface area contributed by atoms with Gasteiger partial charge in [0.05, 0.1) is 6.67 Å². The number of aromatic nitrogens is 4. The van der Waals surface area contributed by atoms with Crippen LogP contribution in [0.5, 0.6) is 0 Å². The minimum atomic E-state index is 0.473. The van der Waals surface area contributed by atoms with Crippen LogP contribution in [0.3, 0.4) is 0 Å². The Morgan fingerprint density at radius 3 is 2.69 bits per heavy atom. The summed E-state index contributed by atoms with van der Waals surface area (Å²) in [6, 6.07) is 0. The van der Waals surface area contributed by atoms with Crippen LogP contribution >= 0.6 is 0 Å². The molecular weight excluding hydrogens is 330 g/mol. The third-order valence-corrected chi connectivity index (χ3v) is 5.12. The van der Waals surface area contributed by atoms with Crippen molar-refractivity contribution in [1.29, 1.82) is 0 Å². The van der Waals surface area contributed by atoms with Gasteiger partial charge in [-0.2, -0.15) is 0 Å². The molecule has 2 aromatic heterocycles. The lowest BCUT2D eigenvalue weighted by molar-refractivity contribution is 0.152. The Morgan fingerprint density at radius 1 is 1.12 bits per heavy atom. The first-order valence-electron chi connectivity index (χ1n) is 9.27. The van der Waals surface area contributed by atoms with E-state index in [0.717, 1.165) is 31.1 Å². The molecular formula is C17H27N9. The molecule has 0 spiro atoms. The van der Waals surface area contributed by atoms with Gasteiger partial charge in [-0.15, -0.1) is 0 Å². The number of piperazine rings is 1. The van der Waals surface area contributed by atoms with E-state index in [9.17, 15) is 0 Å². The number of hydrogen-bond donors (Lipinski definition) is 3. The molecule has 9 heteroatoms. The maximum absolute atomic E-state index is 6.11. The summed E-state index contributed by atoms with van der Waals surface area (Å²) in [7, 11) is 2.19. The molecule has 4 heterocycles. The third kappa shape index (κ3) is 3.58. The highest BCUT2D eigenvalue weighted by Gasteiger charge is 2.25. The predicted molar refractivity (Wildman–Crippen MR) is 103 cm³/mol. The van der Waals surface area contributed by atoms with Crippen LogP contribution in [0.2, 0.25) is 0 Å². The van der Waals surface area contributed by atoms with Crippen LogP contribution in [0.1, 0.15) is 12.8 Å². The second-order valence-corrected chi connectivity index (χ2v) is 7.02. The lowest BCUT2D eigenvalue weighted by Gasteiger charge is -2.32. The van der Waals surface area contributed by atoms with Gasteiger partial charge in [0.15, 0.2) is 23.3 Å². The van der Waals surface area contributed by atoms with Crippen LogP contribution in [0.25, 0.3) is 11.6 Å². The first kappa shape index (κ1) is 17.0. The number of imidazole rings is 1. The van der Waals surface area contributed by atoms with Crippen molar-refractivity contribution in [1.82, 2.24) is 29.7 Å². The number of anilines is 3. The lowest BCUT2D eigenvalue weighted by Crippen LogP contribution is -2.44. The SMILES string of the molecule is CN1CCN(CCCCN2CNc3c(N)nc(-c4ncc[nH]4)nc32)CC1. The minimum Gasteiger partial charge on any atom is -0.382 e. The summed E-state index contributed by atoms with van der Waals surface area (Å²) in [5, 5.41) is 3.32. The zero-order chi connectivity index (χ0) is 17.9. The Hall–Kier alpha value is -2.39. The summed E-state index contributed by atoms with van der Waals surface area (Å²) >= 11 is 0. The van der Waals surface area contributed by atoms with Crippen LogP contribution in [-0.2, 0) is 0 Å². The van der Waals surface area contributed by atoms with E-state index >= 15 is 0 Å². The summed E-state index contributed by atoms with van der Waals surface area (Å²) in [5.41, 5.74) is 6.94. The Bertz CT molecular complexity index is 722. The molecule has 0 radical (unpaired) electrons. The van der Waals surface area contributed by atoms with Crippen molar-refractivity contribution in [2.45, 2.75) is 12.8 Å². The molecule has 26 heavy (non-hydrogen) atoms. The van der Waals surface area contributed by atoms with Gasteiger partial charge in [0.1, 0.15) is 5.69 Å². The molecule has 0 aliphatic carbocycles. The molecule has 0 atom stereocenters. The van der Waals surface area contributed by atoms with Gasteiger partial charge in [-0.3, -0.25) is 0 Å². The first-order valence-corrected chi connectivity index (χ1v) is 9.27. The Labute approximate surface area is 153 Å². The van der Waals surface area contributed by atoms with Gasteiger partial charge in [0.2, 0.25) is 0 Å². The van der Waals surface area contributed by atoms with Crippen molar-refractivity contribution in [3.05, 3.63) is 12.4 Å². The summed E-state index contributed by atoms with van der Waals surface area (Å²) in [4.78, 5) is 23.5. The molecule has 0 bridgehead atoms. The van der Waals surface area contributed by atoms with E-state index in [-0.39, 0.29) is 0 Å². The van der Waals surface area contributed by atoms with Gasteiger partial charge < -0.3 is 30.7 Å². The normalized spacial score (nSPS) is 18.1. The van der Waals surface area contributed by atoms with Gasteiger partial charge >= 0.3 is 0 Å². The number of hydrogen-bond acceptors (Lipinski definition) is 8. The zero-order valence-corrected chi connectivity index (χ0v) is 15.3. The molecule has 0 saturated carbocycles. The van der Waals surface area contributed by atoms with Crippen molar-refractivity contribution in [2.75, 3.05) is 68.9 Å². The minimum absolute atomic E-state index is 0.473. The number of aromatic amines is 1. The number of nitrogens with two attached hydrogens (primary N) is 1. The van der Waals surface area contributed by atoms with Crippen molar-refractivity contribution in [3.63, 3.8) is 0 Å². The van der Waals surface area contributed by atoms with Crippen LogP contribution in [0, 0.1) is 0 Å². The Balaban J connectivity index is 1.34. The molecule has 9 nitrogen and oxygen atoms in total. The molecule has 1 saturated heterocycles. The van der Waals surface area contributed by atoms with Crippen molar-refractivity contribution in [3.8, 4) is 11.6 Å². The third-order valence-electron chi connectivity index (χ3n) is 5.12. The van der Waals surface area contributed by atoms with Crippen LogP contribution in [-0.4, -0.2) is 82.7 Å². The summed E-state index contributed by atoms with van der Waals surface area (Å²) in [6.45, 7) is 7.57. The zero-order valence-electron chi connectivity index (χ0n) is 15.3. The highest BCUT2D eigenvalue weighted by Crippen LogP contribution is 2.34. The van der Waals surface area contributed by atoms with Gasteiger partial charge in [0.25, 0.3) is 0 Å². The van der Waals surface area contributed by atoms with Gasteiger partial charge in [-0.25, -0.2) is 15.0 Å². The van der Waals surface area contributed by atoms with E-state index in [0.29, 0.717) is 17.5 Å². The summed E-state index contributed by atoms with van der Waals surface area (Å²) in [6.07, 6.45) is 5.78. The van der Waals surface area contributed by atoms with Crippen molar-refractivity contribution < 1.29 is 0 Å². The lowest BCUT2D eigenvalue weighted by atomic mass is 10.2. The number of H-pyrrole nitrogens is 1. The van der Waals surface area contributed by atoms with Crippen molar-refractivity contribution >= 4 is 17.3 Å². The molecule has 0 aromatic carbocycles. The van der Waals surface area contributed by atoms with Gasteiger partial charge in [-0.1, -0.05) is 0 Å². The smallest absolute Gasteiger partial charge is 0.199 e. The molecule has 1 fully saturated rings. The van der Waals surface area contributed by atoms with Crippen LogP contribution < -0.4 is 16.0 Å². The average molecular weight is 357 g/mol. The molecule has 2 aliphatic heterocycles. The van der Waals surface area contributed by atoms with E-state index in [4.69, 9.17) is 5.73 Å². The van der Waals surface area contributed by atoms with Crippen LogP contribution in [0.4, 0.5) is 17.3 Å². The second kappa shape index (κ2) is 7.46. The quantitative estimate of drug-likeness (QED) is 0.648. The number of rotatable bonds is 6. The number of nitrogens with zero attached hydrogens (tertiary/aromatic N) is 6. The molecule has 140 valence electrons. The maximum atomic E-state index is 6.11. The molecule has 0 amide bonds. The standard InChI is InChI=1S/C17H27N9/c1-24-8-10-25(11-9-24)6-2-3-7-26-12-21-13-14(18)22-16(23-17(13)26)15-19-4-5-20-15/h4-5,21H,2-3,6-12H2,1H3,(H,19,20)(H2,18,22,23). The topological polar surface area (TPSA) is 102 Å². The summed E-state index contributed by atoms with van der Waals surface area (Å²) < 4.78 is 0. The Morgan fingerprint density at radius 2 is 1.92 bits per heavy atom. The Kier molecular flexibility index (Phi) is 4.89. The van der Waals surface area contributed by atoms with E-state index < -0.39 is 0 Å². The fourth-order valence-electron chi connectivity index (χ4n) is 3.50. The fourth-order valence-corrected chi connectivity index (χ4v) is 3.50. The maximum Gasteiger partial charge on any atom is 0.199 e. The van der Waals surface area contributed by atoms with Gasteiger partial charge in [0, 0.05) is 45.1 Å². The molecule has 4 N–H and O–H groups in total. The largest absolute Gasteiger partial charge is 0.382 e. The van der Waals surface area contributed by atoms with Gasteiger partial charge in [-0.05, 0) is 26.4 Å². The molecule has 2 aliphatic rings. The number of unbranched alkanes of at least 4 members (excludes halogenated alkanes) is 1. The number of fused-ring (bicyclic) bond motifs is 1. The highest BCUT2D eigenvalue weighted by molar-refractivity contribution is 5.81. The molecule has 0 unspecified atom stereocenters. The molecule has 2 aromatic rings. The van der Waals surface area contributed by atoms with E-state index in [1.165, 1.54) is 39.1 Å². The van der Waals surface area contributed by atoms with E-state index in [2.05, 4.69) is 47.0 Å².